The third-order valence-corrected chi connectivity index (χ3v) is 2.82. The molecule has 0 bridgehead atoms. The Morgan fingerprint density at radius 1 is 0.875 bits per heavy atom. The molecule has 0 aliphatic heterocycles. The summed E-state index contributed by atoms with van der Waals surface area (Å²) < 4.78 is 44.2. The number of hydrogen-bond acceptors (Lipinski definition) is 1. The highest BCUT2D eigenvalue weighted by atomic mass is 19.2. The smallest absolute Gasteiger partial charge is 0.168 e. The molecule has 0 atom stereocenters. The summed E-state index contributed by atoms with van der Waals surface area (Å²) in [4.78, 5) is 0. The van der Waals surface area contributed by atoms with Gasteiger partial charge in [0.1, 0.15) is 0 Å². The molecule has 0 amide bonds. The molecule has 1 aromatic carbocycles. The van der Waals surface area contributed by atoms with Crippen molar-refractivity contribution in [3.05, 3.63) is 29.6 Å². The second-order valence-corrected chi connectivity index (χ2v) is 4.07. The molecule has 1 fully saturated rings. The third kappa shape index (κ3) is 2.49. The van der Waals surface area contributed by atoms with Gasteiger partial charge in [-0.25, -0.2) is 13.2 Å². The maximum atomic E-state index is 13.3. The summed E-state index contributed by atoms with van der Waals surface area (Å²) in [5.41, 5.74) is 0. The fourth-order valence-electron chi connectivity index (χ4n) is 1.96. The molecule has 0 unspecified atom stereocenters. The van der Waals surface area contributed by atoms with Gasteiger partial charge in [0, 0.05) is 12.1 Å². The van der Waals surface area contributed by atoms with Crippen LogP contribution in [0.25, 0.3) is 0 Å². The normalized spacial score (nSPS) is 17.4. The minimum Gasteiger partial charge on any atom is -0.487 e. The fraction of sp³-hybridized carbons (Fsp3) is 0.500. The van der Waals surface area contributed by atoms with Gasteiger partial charge in [-0.2, -0.15) is 0 Å². The average Bonchev–Trinajstić information content (AvgIpc) is 2.27. The van der Waals surface area contributed by atoms with E-state index in [1.165, 1.54) is 0 Å². The lowest BCUT2D eigenvalue weighted by atomic mass is 9.98. The second-order valence-electron chi connectivity index (χ2n) is 4.07. The first-order valence-electron chi connectivity index (χ1n) is 5.48. The van der Waals surface area contributed by atoms with Gasteiger partial charge in [0.15, 0.2) is 23.2 Å². The first kappa shape index (κ1) is 11.3. The van der Waals surface area contributed by atoms with Crippen LogP contribution in [0, 0.1) is 17.5 Å². The average molecular weight is 230 g/mol. The van der Waals surface area contributed by atoms with Gasteiger partial charge in [-0.1, -0.05) is 6.42 Å². The molecule has 16 heavy (non-hydrogen) atoms. The Balaban J connectivity index is 2.11. The van der Waals surface area contributed by atoms with Gasteiger partial charge >= 0.3 is 0 Å². The van der Waals surface area contributed by atoms with Crippen LogP contribution in [0.5, 0.6) is 5.75 Å². The Hall–Kier alpha value is -1.19. The minimum absolute atomic E-state index is 0.0758. The van der Waals surface area contributed by atoms with Crippen molar-refractivity contribution in [2.24, 2.45) is 0 Å². The number of hydrogen-bond donors (Lipinski definition) is 0. The van der Waals surface area contributed by atoms with E-state index in [4.69, 9.17) is 4.74 Å². The standard InChI is InChI=1S/C12H13F3O/c13-9-6-11(15)12(7-10(9)14)16-8-4-2-1-3-5-8/h6-8H,1-5H2. The van der Waals surface area contributed by atoms with E-state index in [0.717, 1.165) is 38.2 Å². The summed E-state index contributed by atoms with van der Waals surface area (Å²) in [5, 5.41) is 0. The van der Waals surface area contributed by atoms with Gasteiger partial charge in [0.05, 0.1) is 6.10 Å². The van der Waals surface area contributed by atoms with Crippen LogP contribution in [-0.4, -0.2) is 6.10 Å². The number of rotatable bonds is 2. The highest BCUT2D eigenvalue weighted by molar-refractivity contribution is 5.26. The lowest BCUT2D eigenvalue weighted by Gasteiger charge is -2.23. The largest absolute Gasteiger partial charge is 0.487 e. The Kier molecular flexibility index (Phi) is 3.36. The van der Waals surface area contributed by atoms with Gasteiger partial charge in [-0.3, -0.25) is 0 Å². The van der Waals surface area contributed by atoms with Gasteiger partial charge in [0.2, 0.25) is 0 Å². The van der Waals surface area contributed by atoms with E-state index in [1.807, 2.05) is 0 Å². The van der Waals surface area contributed by atoms with Gasteiger partial charge in [0.25, 0.3) is 0 Å². The SMILES string of the molecule is Fc1cc(F)c(OC2CCCCC2)cc1F. The third-order valence-electron chi connectivity index (χ3n) is 2.82. The summed E-state index contributed by atoms with van der Waals surface area (Å²) in [6.45, 7) is 0. The summed E-state index contributed by atoms with van der Waals surface area (Å²) in [6.07, 6.45) is 4.84. The van der Waals surface area contributed by atoms with Crippen molar-refractivity contribution in [3.63, 3.8) is 0 Å². The Morgan fingerprint density at radius 3 is 2.19 bits per heavy atom. The van der Waals surface area contributed by atoms with Crippen LogP contribution in [0.2, 0.25) is 0 Å². The van der Waals surface area contributed by atoms with E-state index in [0.29, 0.717) is 6.07 Å². The molecule has 0 spiro atoms. The van der Waals surface area contributed by atoms with Crippen molar-refractivity contribution in [1.29, 1.82) is 0 Å². The molecule has 1 aromatic rings. The van der Waals surface area contributed by atoms with E-state index in [9.17, 15) is 13.2 Å². The van der Waals surface area contributed by atoms with Crippen LogP contribution < -0.4 is 4.74 Å². The molecule has 4 heteroatoms. The molecule has 0 N–H and O–H groups in total. The number of halogens is 3. The molecule has 0 heterocycles. The van der Waals surface area contributed by atoms with E-state index < -0.39 is 17.5 Å². The van der Waals surface area contributed by atoms with Gasteiger partial charge in [-0.05, 0) is 25.7 Å². The number of ether oxygens (including phenoxy) is 1. The Labute approximate surface area is 92.2 Å². The number of benzene rings is 1. The zero-order chi connectivity index (χ0) is 11.5. The summed E-state index contributed by atoms with van der Waals surface area (Å²) >= 11 is 0. The predicted molar refractivity (Wildman–Crippen MR) is 53.8 cm³/mol. The van der Waals surface area contributed by atoms with Crippen LogP contribution in [0.1, 0.15) is 32.1 Å². The highest BCUT2D eigenvalue weighted by Crippen LogP contribution is 2.26. The molecule has 88 valence electrons. The van der Waals surface area contributed by atoms with Gasteiger partial charge < -0.3 is 4.74 Å². The summed E-state index contributed by atoms with van der Waals surface area (Å²) in [7, 11) is 0. The van der Waals surface area contributed by atoms with Crippen molar-refractivity contribution in [3.8, 4) is 5.75 Å². The van der Waals surface area contributed by atoms with Crippen molar-refractivity contribution in [2.75, 3.05) is 0 Å². The van der Waals surface area contributed by atoms with Crippen molar-refractivity contribution in [1.82, 2.24) is 0 Å². The maximum Gasteiger partial charge on any atom is 0.168 e. The predicted octanol–water partition coefficient (Wildman–Crippen LogP) is 3.82. The van der Waals surface area contributed by atoms with E-state index in [2.05, 4.69) is 0 Å². The summed E-state index contributed by atoms with van der Waals surface area (Å²) in [6, 6.07) is 1.30. The Bertz CT molecular complexity index is 373. The van der Waals surface area contributed by atoms with Gasteiger partial charge in [-0.15, -0.1) is 0 Å². The quantitative estimate of drug-likeness (QED) is 0.702. The maximum absolute atomic E-state index is 13.3. The molecule has 0 aromatic heterocycles. The van der Waals surface area contributed by atoms with Crippen LogP contribution >= 0.6 is 0 Å². The molecule has 0 saturated heterocycles. The first-order chi connectivity index (χ1) is 7.66. The topological polar surface area (TPSA) is 9.23 Å². The van der Waals surface area contributed by atoms with Crippen LogP contribution in [0.4, 0.5) is 13.2 Å². The minimum atomic E-state index is -1.19. The Morgan fingerprint density at radius 2 is 1.50 bits per heavy atom. The van der Waals surface area contributed by atoms with Crippen LogP contribution in [0.3, 0.4) is 0 Å². The zero-order valence-corrected chi connectivity index (χ0v) is 8.81. The monoisotopic (exact) mass is 230 g/mol. The van der Waals surface area contributed by atoms with E-state index >= 15 is 0 Å². The molecule has 1 aliphatic carbocycles. The second kappa shape index (κ2) is 4.76. The summed E-state index contributed by atoms with van der Waals surface area (Å²) in [5.74, 6) is -3.30. The lowest BCUT2D eigenvalue weighted by molar-refractivity contribution is 0.147. The molecule has 0 radical (unpaired) electrons. The molecule has 1 aliphatic rings. The van der Waals surface area contributed by atoms with E-state index in [1.54, 1.807) is 0 Å². The van der Waals surface area contributed by atoms with E-state index in [-0.39, 0.29) is 11.9 Å². The highest BCUT2D eigenvalue weighted by Gasteiger charge is 2.18. The molecular weight excluding hydrogens is 217 g/mol. The molecular formula is C12H13F3O. The molecule has 1 saturated carbocycles. The molecule has 2 rings (SSSR count). The molecule has 1 nitrogen and oxygen atoms in total. The van der Waals surface area contributed by atoms with Crippen LogP contribution in [-0.2, 0) is 0 Å². The lowest BCUT2D eigenvalue weighted by Crippen LogP contribution is -2.20. The van der Waals surface area contributed by atoms with Crippen molar-refractivity contribution in [2.45, 2.75) is 38.2 Å². The fourth-order valence-corrected chi connectivity index (χ4v) is 1.96. The first-order valence-corrected chi connectivity index (χ1v) is 5.48. The van der Waals surface area contributed by atoms with Crippen molar-refractivity contribution >= 4 is 0 Å². The zero-order valence-electron chi connectivity index (χ0n) is 8.81. The van der Waals surface area contributed by atoms with Crippen LogP contribution in [0.15, 0.2) is 12.1 Å². The van der Waals surface area contributed by atoms with Crippen molar-refractivity contribution < 1.29 is 17.9 Å².